The Morgan fingerprint density at radius 1 is 1.21 bits per heavy atom. The molecule has 2 rings (SSSR count). The van der Waals surface area contributed by atoms with E-state index in [1.807, 2.05) is 0 Å². The monoisotopic (exact) mass is 193 g/mol. The second-order valence-electron chi connectivity index (χ2n) is 4.44. The van der Waals surface area contributed by atoms with Gasteiger partial charge in [0.15, 0.2) is 0 Å². The third kappa shape index (κ3) is 2.24. The normalized spacial score (nSPS) is 30.4. The number of rotatable bonds is 2. The van der Waals surface area contributed by atoms with E-state index in [1.165, 1.54) is 19.3 Å². The molecule has 2 nitrogen and oxygen atoms in total. The Balaban J connectivity index is 1.85. The van der Waals surface area contributed by atoms with Gasteiger partial charge in [0.1, 0.15) is 6.29 Å². The highest BCUT2D eigenvalue weighted by Gasteiger charge is 2.23. The molecule has 0 aromatic rings. The molecule has 0 aromatic carbocycles. The van der Waals surface area contributed by atoms with Gasteiger partial charge >= 0.3 is 0 Å². The number of carbonyl (C=O) groups is 1. The van der Waals surface area contributed by atoms with Crippen LogP contribution in [0.25, 0.3) is 0 Å². The fraction of sp³-hybridized carbons (Fsp3) is 0.750. The smallest absolute Gasteiger partial charge is 0.123 e. The van der Waals surface area contributed by atoms with Crippen LogP contribution in [-0.4, -0.2) is 30.3 Å². The van der Waals surface area contributed by atoms with Crippen LogP contribution in [0.2, 0.25) is 0 Å². The summed E-state index contributed by atoms with van der Waals surface area (Å²) in [7, 11) is 0. The second kappa shape index (κ2) is 4.74. The third-order valence-electron chi connectivity index (χ3n) is 3.46. The Morgan fingerprint density at radius 2 is 2.00 bits per heavy atom. The third-order valence-corrected chi connectivity index (χ3v) is 3.46. The molecule has 0 bridgehead atoms. The van der Waals surface area contributed by atoms with Crippen LogP contribution in [-0.2, 0) is 4.79 Å². The minimum Gasteiger partial charge on any atom is -0.303 e. The fourth-order valence-corrected chi connectivity index (χ4v) is 2.49. The lowest BCUT2D eigenvalue weighted by Gasteiger charge is -2.36. The highest BCUT2D eigenvalue weighted by atomic mass is 16.1. The maximum Gasteiger partial charge on any atom is 0.123 e. The van der Waals surface area contributed by atoms with E-state index in [1.54, 1.807) is 0 Å². The van der Waals surface area contributed by atoms with Crippen molar-refractivity contribution in [2.45, 2.75) is 38.1 Å². The summed E-state index contributed by atoms with van der Waals surface area (Å²) in [6, 6.07) is 0.663. The molecule has 0 spiro atoms. The van der Waals surface area contributed by atoms with Crippen LogP contribution < -0.4 is 0 Å². The number of piperidine rings is 1. The summed E-state index contributed by atoms with van der Waals surface area (Å²) in [4.78, 5) is 13.1. The molecule has 1 saturated heterocycles. The van der Waals surface area contributed by atoms with Crippen molar-refractivity contribution in [3.63, 3.8) is 0 Å². The summed E-state index contributed by atoms with van der Waals surface area (Å²) in [5.74, 6) is 0.332. The Bertz CT molecular complexity index is 216. The van der Waals surface area contributed by atoms with Crippen molar-refractivity contribution < 1.29 is 4.79 Å². The van der Waals surface area contributed by atoms with Crippen molar-refractivity contribution in [1.29, 1.82) is 0 Å². The van der Waals surface area contributed by atoms with Gasteiger partial charge in [-0.15, -0.1) is 0 Å². The van der Waals surface area contributed by atoms with E-state index in [-0.39, 0.29) is 0 Å². The molecule has 0 amide bonds. The molecule has 1 atom stereocenters. The molecule has 1 fully saturated rings. The summed E-state index contributed by atoms with van der Waals surface area (Å²) < 4.78 is 0. The van der Waals surface area contributed by atoms with E-state index in [0.717, 1.165) is 32.2 Å². The number of aldehydes is 1. The molecule has 1 aliphatic heterocycles. The van der Waals surface area contributed by atoms with Gasteiger partial charge in [0.25, 0.3) is 0 Å². The topological polar surface area (TPSA) is 20.3 Å². The average Bonchev–Trinajstić information content (AvgIpc) is 2.30. The quantitative estimate of drug-likeness (QED) is 0.494. The summed E-state index contributed by atoms with van der Waals surface area (Å²) in [5, 5.41) is 0. The predicted octanol–water partition coefficient (Wildman–Crippen LogP) is 2.01. The summed E-state index contributed by atoms with van der Waals surface area (Å²) in [6.45, 7) is 2.22. The predicted molar refractivity (Wildman–Crippen MR) is 57.1 cm³/mol. The lowest BCUT2D eigenvalue weighted by molar-refractivity contribution is -0.112. The van der Waals surface area contributed by atoms with E-state index >= 15 is 0 Å². The zero-order chi connectivity index (χ0) is 9.80. The fourth-order valence-electron chi connectivity index (χ4n) is 2.49. The van der Waals surface area contributed by atoms with Crippen LogP contribution in [0.5, 0.6) is 0 Å². The summed E-state index contributed by atoms with van der Waals surface area (Å²) >= 11 is 0. The zero-order valence-electron chi connectivity index (χ0n) is 8.69. The van der Waals surface area contributed by atoms with E-state index in [2.05, 4.69) is 17.1 Å². The number of carbonyl (C=O) groups excluding carboxylic acids is 1. The van der Waals surface area contributed by atoms with E-state index in [0.29, 0.717) is 12.0 Å². The molecule has 1 heterocycles. The first-order chi connectivity index (χ1) is 6.90. The van der Waals surface area contributed by atoms with E-state index in [9.17, 15) is 4.79 Å². The van der Waals surface area contributed by atoms with Crippen molar-refractivity contribution in [1.82, 2.24) is 4.90 Å². The standard InChI is InChI=1S/C12H19NO/c14-10-11-6-8-13(9-7-11)12-4-2-1-3-5-12/h2,4,10-12H,1,3,5-9H2. The van der Waals surface area contributed by atoms with Crippen LogP contribution in [0.1, 0.15) is 32.1 Å². The van der Waals surface area contributed by atoms with Crippen molar-refractivity contribution >= 4 is 6.29 Å². The molecule has 0 saturated carbocycles. The van der Waals surface area contributed by atoms with Gasteiger partial charge in [-0.05, 0) is 45.2 Å². The minimum atomic E-state index is 0.332. The molecule has 1 unspecified atom stereocenters. The van der Waals surface area contributed by atoms with Gasteiger partial charge in [-0.25, -0.2) is 0 Å². The number of hydrogen-bond donors (Lipinski definition) is 0. The van der Waals surface area contributed by atoms with E-state index in [4.69, 9.17) is 0 Å². The first-order valence-electron chi connectivity index (χ1n) is 5.76. The number of hydrogen-bond acceptors (Lipinski definition) is 2. The first kappa shape index (κ1) is 9.91. The van der Waals surface area contributed by atoms with Crippen molar-refractivity contribution in [3.05, 3.63) is 12.2 Å². The SMILES string of the molecule is O=CC1CCN(C2C=CCCC2)CC1. The number of nitrogens with zero attached hydrogens (tertiary/aromatic N) is 1. The lowest BCUT2D eigenvalue weighted by Crippen LogP contribution is -2.41. The van der Waals surface area contributed by atoms with Crippen molar-refractivity contribution in [2.24, 2.45) is 5.92 Å². The van der Waals surface area contributed by atoms with Gasteiger partial charge in [-0.2, -0.15) is 0 Å². The van der Waals surface area contributed by atoms with Gasteiger partial charge in [-0.3, -0.25) is 4.90 Å². The van der Waals surface area contributed by atoms with Crippen LogP contribution in [0.4, 0.5) is 0 Å². The lowest BCUT2D eigenvalue weighted by atomic mass is 9.94. The maximum absolute atomic E-state index is 10.6. The van der Waals surface area contributed by atoms with Gasteiger partial charge in [0.2, 0.25) is 0 Å². The average molecular weight is 193 g/mol. The highest BCUT2D eigenvalue weighted by molar-refractivity contribution is 5.53. The van der Waals surface area contributed by atoms with Gasteiger partial charge in [0.05, 0.1) is 0 Å². The summed E-state index contributed by atoms with van der Waals surface area (Å²) in [5.41, 5.74) is 0. The summed E-state index contributed by atoms with van der Waals surface area (Å²) in [6.07, 6.45) is 11.8. The van der Waals surface area contributed by atoms with Crippen LogP contribution >= 0.6 is 0 Å². The van der Waals surface area contributed by atoms with Crippen molar-refractivity contribution in [2.75, 3.05) is 13.1 Å². The molecule has 2 heteroatoms. The molecule has 0 radical (unpaired) electrons. The zero-order valence-corrected chi connectivity index (χ0v) is 8.69. The highest BCUT2D eigenvalue weighted by Crippen LogP contribution is 2.22. The largest absolute Gasteiger partial charge is 0.303 e. The Labute approximate surface area is 86.0 Å². The van der Waals surface area contributed by atoms with Crippen LogP contribution in [0.15, 0.2) is 12.2 Å². The molecule has 78 valence electrons. The molecular weight excluding hydrogens is 174 g/mol. The molecular formula is C12H19NO. The second-order valence-corrected chi connectivity index (χ2v) is 4.44. The van der Waals surface area contributed by atoms with Crippen LogP contribution in [0.3, 0.4) is 0 Å². The molecule has 14 heavy (non-hydrogen) atoms. The van der Waals surface area contributed by atoms with Crippen LogP contribution in [0, 0.1) is 5.92 Å². The molecule has 1 aliphatic carbocycles. The Morgan fingerprint density at radius 3 is 2.57 bits per heavy atom. The number of allylic oxidation sites excluding steroid dienone is 1. The van der Waals surface area contributed by atoms with Gasteiger partial charge < -0.3 is 4.79 Å². The number of likely N-dealkylation sites (tertiary alicyclic amines) is 1. The molecule has 0 N–H and O–H groups in total. The van der Waals surface area contributed by atoms with E-state index < -0.39 is 0 Å². The molecule has 0 aromatic heterocycles. The van der Waals surface area contributed by atoms with Gasteiger partial charge in [0, 0.05) is 12.0 Å². The molecule has 2 aliphatic rings. The minimum absolute atomic E-state index is 0.332. The van der Waals surface area contributed by atoms with Crippen molar-refractivity contribution in [3.8, 4) is 0 Å². The Hall–Kier alpha value is -0.630. The first-order valence-corrected chi connectivity index (χ1v) is 5.76. The Kier molecular flexibility index (Phi) is 3.35. The maximum atomic E-state index is 10.6. The van der Waals surface area contributed by atoms with Gasteiger partial charge in [-0.1, -0.05) is 12.2 Å².